The van der Waals surface area contributed by atoms with Gasteiger partial charge in [0.1, 0.15) is 0 Å². The van der Waals surface area contributed by atoms with Crippen molar-refractivity contribution in [3.8, 4) is 0 Å². The van der Waals surface area contributed by atoms with Crippen molar-refractivity contribution in [2.75, 3.05) is 32.5 Å². The molecule has 0 saturated heterocycles. The lowest BCUT2D eigenvalue weighted by Gasteiger charge is -2.08. The summed E-state index contributed by atoms with van der Waals surface area (Å²) in [6.45, 7) is 1.81. The molecule has 1 aromatic carbocycles. The smallest absolute Gasteiger partial charge is 0.300 e. The van der Waals surface area contributed by atoms with Crippen molar-refractivity contribution < 1.29 is 14.5 Å². The maximum atomic E-state index is 10.8. The highest BCUT2D eigenvalue weighted by Crippen LogP contribution is 2.28. The first-order valence-corrected chi connectivity index (χ1v) is 6.02. The molecule has 8 heteroatoms. The van der Waals surface area contributed by atoms with Crippen LogP contribution in [0.2, 0.25) is 0 Å². The third-order valence-corrected chi connectivity index (χ3v) is 2.76. The maximum absolute atomic E-state index is 10.8. The Morgan fingerprint density at radius 1 is 1.37 bits per heavy atom. The van der Waals surface area contributed by atoms with Gasteiger partial charge in [-0.05, 0) is 16.4 Å². The van der Waals surface area contributed by atoms with E-state index >= 15 is 0 Å². The fourth-order valence-electron chi connectivity index (χ4n) is 1.81. The van der Waals surface area contributed by atoms with Gasteiger partial charge in [0.05, 0.1) is 31.3 Å². The van der Waals surface area contributed by atoms with E-state index in [-0.39, 0.29) is 11.2 Å². The first-order chi connectivity index (χ1) is 9.09. The number of aromatic nitrogens is 2. The maximum Gasteiger partial charge on any atom is 0.300 e. The number of fused-ring (bicyclic) bond motifs is 1. The topological polar surface area (TPSA) is 98.5 Å². The van der Waals surface area contributed by atoms with Gasteiger partial charge in [-0.15, -0.1) is 0 Å². The normalized spacial score (nSPS) is 11.1. The number of benzene rings is 1. The fraction of sp³-hybridized carbons (Fsp3) is 0.455. The molecular weight excluding hydrogens is 250 g/mol. The van der Waals surface area contributed by atoms with Crippen LogP contribution in [-0.4, -0.2) is 42.4 Å². The molecule has 0 bridgehead atoms. The summed E-state index contributed by atoms with van der Waals surface area (Å²) in [4.78, 5) is 11.7. The quantitative estimate of drug-likeness (QED) is 0.436. The SMILES string of the molecule is C[NH+](C)CCCNc1ccc([N+](=O)[O-])c2nonc12. The van der Waals surface area contributed by atoms with E-state index in [1.54, 1.807) is 6.07 Å². The molecule has 102 valence electrons. The predicted octanol–water partition coefficient (Wildman–Crippen LogP) is 0.0775. The second-order valence-corrected chi connectivity index (χ2v) is 4.59. The van der Waals surface area contributed by atoms with E-state index < -0.39 is 4.92 Å². The lowest BCUT2D eigenvalue weighted by Crippen LogP contribution is -3.05. The number of nitro groups is 1. The predicted molar refractivity (Wildman–Crippen MR) is 69.2 cm³/mol. The Hall–Kier alpha value is -2.22. The van der Waals surface area contributed by atoms with E-state index in [1.807, 2.05) is 0 Å². The van der Waals surface area contributed by atoms with Crippen LogP contribution in [0.5, 0.6) is 0 Å². The number of rotatable bonds is 6. The van der Waals surface area contributed by atoms with Gasteiger partial charge in [0.25, 0.3) is 0 Å². The average molecular weight is 266 g/mol. The molecule has 19 heavy (non-hydrogen) atoms. The number of non-ortho nitro benzene ring substituents is 1. The summed E-state index contributed by atoms with van der Waals surface area (Å²) >= 11 is 0. The first-order valence-electron chi connectivity index (χ1n) is 6.02. The van der Waals surface area contributed by atoms with Gasteiger partial charge in [0.2, 0.25) is 5.52 Å². The van der Waals surface area contributed by atoms with Crippen molar-refractivity contribution in [2.45, 2.75) is 6.42 Å². The number of nitrogens with zero attached hydrogens (tertiary/aromatic N) is 3. The van der Waals surface area contributed by atoms with Gasteiger partial charge in [0.15, 0.2) is 5.52 Å². The van der Waals surface area contributed by atoms with Crippen LogP contribution in [0.25, 0.3) is 11.0 Å². The van der Waals surface area contributed by atoms with E-state index in [0.717, 1.165) is 19.5 Å². The van der Waals surface area contributed by atoms with Crippen LogP contribution in [0.1, 0.15) is 6.42 Å². The molecule has 0 radical (unpaired) electrons. The van der Waals surface area contributed by atoms with Crippen LogP contribution in [0.4, 0.5) is 11.4 Å². The molecule has 0 aliphatic carbocycles. The van der Waals surface area contributed by atoms with Crippen LogP contribution in [-0.2, 0) is 0 Å². The highest BCUT2D eigenvalue weighted by atomic mass is 16.6. The van der Waals surface area contributed by atoms with Gasteiger partial charge in [0, 0.05) is 19.0 Å². The summed E-state index contributed by atoms with van der Waals surface area (Å²) in [5.41, 5.74) is 1.18. The van der Waals surface area contributed by atoms with Crippen molar-refractivity contribution in [1.29, 1.82) is 0 Å². The summed E-state index contributed by atoms with van der Waals surface area (Å²) in [6, 6.07) is 3.04. The molecule has 0 atom stereocenters. The standard InChI is InChI=1S/C11H15N5O3/c1-15(2)7-3-6-12-8-4-5-9(16(17)18)11-10(8)13-19-14-11/h4-5,12H,3,6-7H2,1-2H3/p+1. The summed E-state index contributed by atoms with van der Waals surface area (Å²) in [7, 11) is 4.18. The lowest BCUT2D eigenvalue weighted by atomic mass is 10.2. The Labute approximate surface area is 109 Å². The molecule has 0 fully saturated rings. The monoisotopic (exact) mass is 266 g/mol. The number of nitro benzene ring substituents is 1. The van der Waals surface area contributed by atoms with Crippen molar-refractivity contribution in [3.05, 3.63) is 22.2 Å². The van der Waals surface area contributed by atoms with Crippen LogP contribution in [0.3, 0.4) is 0 Å². The number of anilines is 1. The molecule has 1 heterocycles. The van der Waals surface area contributed by atoms with Crippen molar-refractivity contribution in [2.24, 2.45) is 0 Å². The molecular formula is C11H16N5O3+. The van der Waals surface area contributed by atoms with E-state index in [0.29, 0.717) is 11.2 Å². The minimum Gasteiger partial charge on any atom is -0.383 e. The molecule has 0 aliphatic heterocycles. The number of hydrogen-bond acceptors (Lipinski definition) is 6. The number of hydrogen-bond donors (Lipinski definition) is 2. The van der Waals surface area contributed by atoms with Crippen LogP contribution >= 0.6 is 0 Å². The highest BCUT2D eigenvalue weighted by Gasteiger charge is 2.19. The Bertz CT molecular complexity index is 581. The van der Waals surface area contributed by atoms with E-state index in [1.165, 1.54) is 11.0 Å². The molecule has 2 aromatic rings. The second kappa shape index (κ2) is 5.61. The fourth-order valence-corrected chi connectivity index (χ4v) is 1.81. The van der Waals surface area contributed by atoms with Gasteiger partial charge in [-0.25, -0.2) is 4.63 Å². The highest BCUT2D eigenvalue weighted by molar-refractivity contribution is 5.93. The molecule has 0 amide bonds. The molecule has 0 spiro atoms. The Morgan fingerprint density at radius 3 is 2.79 bits per heavy atom. The summed E-state index contributed by atoms with van der Waals surface area (Å²) < 4.78 is 4.59. The number of nitrogens with one attached hydrogen (secondary N) is 2. The summed E-state index contributed by atoms with van der Waals surface area (Å²) in [5.74, 6) is 0. The zero-order valence-corrected chi connectivity index (χ0v) is 10.8. The minimum absolute atomic E-state index is 0.0977. The molecule has 2 rings (SSSR count). The molecule has 1 aromatic heterocycles. The van der Waals surface area contributed by atoms with Gasteiger partial charge < -0.3 is 10.2 Å². The average Bonchev–Trinajstić information content (AvgIpc) is 2.83. The third-order valence-electron chi connectivity index (χ3n) is 2.76. The number of quaternary nitrogens is 1. The van der Waals surface area contributed by atoms with Crippen molar-refractivity contribution >= 4 is 22.4 Å². The van der Waals surface area contributed by atoms with Crippen LogP contribution in [0, 0.1) is 10.1 Å². The molecule has 0 aliphatic rings. The van der Waals surface area contributed by atoms with Crippen molar-refractivity contribution in [1.82, 2.24) is 10.3 Å². The molecule has 2 N–H and O–H groups in total. The van der Waals surface area contributed by atoms with E-state index in [4.69, 9.17) is 0 Å². The summed E-state index contributed by atoms with van der Waals surface area (Å²) in [5, 5.41) is 21.3. The van der Waals surface area contributed by atoms with Crippen LogP contribution in [0.15, 0.2) is 16.8 Å². The van der Waals surface area contributed by atoms with Gasteiger partial charge in [-0.2, -0.15) is 0 Å². The Kier molecular flexibility index (Phi) is 3.91. The summed E-state index contributed by atoms with van der Waals surface area (Å²) in [6.07, 6.45) is 0.992. The Morgan fingerprint density at radius 2 is 2.11 bits per heavy atom. The molecule has 8 nitrogen and oxygen atoms in total. The lowest BCUT2D eigenvalue weighted by molar-refractivity contribution is -0.858. The van der Waals surface area contributed by atoms with E-state index in [2.05, 4.69) is 34.4 Å². The van der Waals surface area contributed by atoms with Crippen molar-refractivity contribution in [3.63, 3.8) is 0 Å². The third kappa shape index (κ3) is 2.97. The Balaban J connectivity index is 2.14. The zero-order chi connectivity index (χ0) is 13.8. The van der Waals surface area contributed by atoms with Crippen LogP contribution < -0.4 is 10.2 Å². The van der Waals surface area contributed by atoms with Gasteiger partial charge in [-0.3, -0.25) is 10.1 Å². The van der Waals surface area contributed by atoms with E-state index in [9.17, 15) is 10.1 Å². The minimum atomic E-state index is -0.494. The zero-order valence-electron chi connectivity index (χ0n) is 10.8. The molecule has 0 unspecified atom stereocenters. The van der Waals surface area contributed by atoms with Gasteiger partial charge >= 0.3 is 5.69 Å². The van der Waals surface area contributed by atoms with Gasteiger partial charge in [-0.1, -0.05) is 0 Å². The largest absolute Gasteiger partial charge is 0.383 e. The second-order valence-electron chi connectivity index (χ2n) is 4.59. The molecule has 0 saturated carbocycles. The first kappa shape index (κ1) is 13.2.